The number of aliphatic hydroxyl groups is 1. The van der Waals surface area contributed by atoms with E-state index in [9.17, 15) is 0 Å². The Bertz CT molecular complexity index is 187. The molecule has 0 aromatic carbocycles. The molecule has 0 saturated carbocycles. The average Bonchev–Trinajstić information content (AvgIpc) is 2.15. The molecule has 0 aromatic rings. The van der Waals surface area contributed by atoms with Crippen molar-refractivity contribution in [3.63, 3.8) is 0 Å². The molecule has 0 aliphatic heterocycles. The molecule has 0 amide bonds. The molecule has 0 fully saturated rings. The highest BCUT2D eigenvalue weighted by molar-refractivity contribution is 4.91. The maximum Gasteiger partial charge on any atom is 0.0692 e. The summed E-state index contributed by atoms with van der Waals surface area (Å²) in [6.07, 6.45) is 16.6. The Morgan fingerprint density at radius 3 is 1.93 bits per heavy atom. The van der Waals surface area contributed by atoms with Crippen LogP contribution in [0.3, 0.4) is 0 Å². The van der Waals surface area contributed by atoms with E-state index in [1.165, 1.54) is 0 Å². The molecule has 1 atom stereocenters. The lowest BCUT2D eigenvalue weighted by atomic mass is 10.2. The Hall–Kier alpha value is -0.820. The van der Waals surface area contributed by atoms with Gasteiger partial charge in [0.15, 0.2) is 0 Å². The second-order valence-electron chi connectivity index (χ2n) is 3.36. The van der Waals surface area contributed by atoms with E-state index >= 15 is 0 Å². The van der Waals surface area contributed by atoms with E-state index in [1.807, 2.05) is 19.1 Å². The Balaban J connectivity index is 3.27. The molecule has 0 aliphatic rings. The van der Waals surface area contributed by atoms with Crippen molar-refractivity contribution < 1.29 is 5.11 Å². The largest absolute Gasteiger partial charge is 0.389 e. The smallest absolute Gasteiger partial charge is 0.0692 e. The third kappa shape index (κ3) is 11.2. The molecule has 0 rings (SSSR count). The lowest BCUT2D eigenvalue weighted by Crippen LogP contribution is -1.90. The standard InChI is InChI=1S/C13H22O/c1-3-4-5-6-7-8-9-10-11-12-13(2)14/h3-4,7-8,11-14H,5-6,9-10H2,1-2H3. The minimum atomic E-state index is -0.311. The minimum absolute atomic E-state index is 0.311. The van der Waals surface area contributed by atoms with Crippen molar-refractivity contribution in [2.24, 2.45) is 0 Å². The third-order valence-corrected chi connectivity index (χ3v) is 1.82. The van der Waals surface area contributed by atoms with Gasteiger partial charge >= 0.3 is 0 Å². The van der Waals surface area contributed by atoms with Gasteiger partial charge in [-0.2, -0.15) is 0 Å². The van der Waals surface area contributed by atoms with Crippen LogP contribution >= 0.6 is 0 Å². The van der Waals surface area contributed by atoms with E-state index in [2.05, 4.69) is 24.3 Å². The second-order valence-corrected chi connectivity index (χ2v) is 3.36. The van der Waals surface area contributed by atoms with E-state index in [0.717, 1.165) is 25.7 Å². The van der Waals surface area contributed by atoms with Crippen molar-refractivity contribution in [3.05, 3.63) is 36.5 Å². The molecule has 80 valence electrons. The zero-order chi connectivity index (χ0) is 10.6. The Morgan fingerprint density at radius 2 is 1.43 bits per heavy atom. The fourth-order valence-electron chi connectivity index (χ4n) is 1.08. The predicted molar refractivity (Wildman–Crippen MR) is 63.2 cm³/mol. The predicted octanol–water partition coefficient (Wildman–Crippen LogP) is 3.62. The van der Waals surface area contributed by atoms with E-state index in [1.54, 1.807) is 6.92 Å². The number of allylic oxidation sites excluding steroid dienone is 5. The summed E-state index contributed by atoms with van der Waals surface area (Å²) in [5.41, 5.74) is 0. The third-order valence-electron chi connectivity index (χ3n) is 1.82. The SMILES string of the molecule is CC=CCCC=CCCC=CC(C)O. The fraction of sp³-hybridized carbons (Fsp3) is 0.538. The van der Waals surface area contributed by atoms with Crippen molar-refractivity contribution >= 4 is 0 Å². The number of hydrogen-bond acceptors (Lipinski definition) is 1. The van der Waals surface area contributed by atoms with Crippen molar-refractivity contribution in [3.8, 4) is 0 Å². The minimum Gasteiger partial charge on any atom is -0.389 e. The fourth-order valence-corrected chi connectivity index (χ4v) is 1.08. The van der Waals surface area contributed by atoms with Crippen LogP contribution in [0.25, 0.3) is 0 Å². The Kier molecular flexibility index (Phi) is 9.66. The van der Waals surface area contributed by atoms with Crippen LogP contribution in [0.2, 0.25) is 0 Å². The lowest BCUT2D eigenvalue weighted by Gasteiger charge is -1.92. The van der Waals surface area contributed by atoms with E-state index < -0.39 is 0 Å². The molecule has 1 N–H and O–H groups in total. The Labute approximate surface area is 87.8 Å². The van der Waals surface area contributed by atoms with Gasteiger partial charge in [-0.05, 0) is 39.5 Å². The molecular formula is C13H22O. The number of rotatable bonds is 7. The molecule has 0 aromatic heterocycles. The van der Waals surface area contributed by atoms with Crippen LogP contribution in [-0.4, -0.2) is 11.2 Å². The number of unbranched alkanes of at least 4 members (excludes halogenated alkanes) is 2. The lowest BCUT2D eigenvalue weighted by molar-refractivity contribution is 0.244. The average molecular weight is 194 g/mol. The van der Waals surface area contributed by atoms with Crippen LogP contribution in [0, 0.1) is 0 Å². The summed E-state index contributed by atoms with van der Waals surface area (Å²) in [6.45, 7) is 3.81. The zero-order valence-corrected chi connectivity index (χ0v) is 9.32. The molecule has 0 bridgehead atoms. The molecule has 0 saturated heterocycles. The zero-order valence-electron chi connectivity index (χ0n) is 9.32. The maximum absolute atomic E-state index is 8.94. The number of hydrogen-bond donors (Lipinski definition) is 1. The molecule has 0 aliphatic carbocycles. The summed E-state index contributed by atoms with van der Waals surface area (Å²) in [6, 6.07) is 0. The van der Waals surface area contributed by atoms with Gasteiger partial charge in [-0.3, -0.25) is 0 Å². The molecule has 0 heterocycles. The Morgan fingerprint density at radius 1 is 0.929 bits per heavy atom. The summed E-state index contributed by atoms with van der Waals surface area (Å²) in [7, 11) is 0. The topological polar surface area (TPSA) is 20.2 Å². The normalized spacial score (nSPS) is 14.8. The highest BCUT2D eigenvalue weighted by atomic mass is 16.3. The molecular weight excluding hydrogens is 172 g/mol. The van der Waals surface area contributed by atoms with Crippen LogP contribution in [0.15, 0.2) is 36.5 Å². The van der Waals surface area contributed by atoms with Gasteiger partial charge < -0.3 is 5.11 Å². The van der Waals surface area contributed by atoms with Gasteiger partial charge in [0.1, 0.15) is 0 Å². The van der Waals surface area contributed by atoms with Gasteiger partial charge in [0.25, 0.3) is 0 Å². The van der Waals surface area contributed by atoms with E-state index in [-0.39, 0.29) is 6.10 Å². The monoisotopic (exact) mass is 194 g/mol. The van der Waals surface area contributed by atoms with Gasteiger partial charge in [0.2, 0.25) is 0 Å². The van der Waals surface area contributed by atoms with Crippen molar-refractivity contribution in [2.45, 2.75) is 45.6 Å². The molecule has 1 unspecified atom stereocenters. The highest BCUT2D eigenvalue weighted by Crippen LogP contribution is 1.98. The van der Waals surface area contributed by atoms with Crippen LogP contribution in [0.5, 0.6) is 0 Å². The quantitative estimate of drug-likeness (QED) is 0.485. The van der Waals surface area contributed by atoms with Crippen molar-refractivity contribution in [2.75, 3.05) is 0 Å². The maximum atomic E-state index is 8.94. The first-order valence-corrected chi connectivity index (χ1v) is 5.38. The van der Waals surface area contributed by atoms with E-state index in [4.69, 9.17) is 5.11 Å². The van der Waals surface area contributed by atoms with Crippen LogP contribution in [-0.2, 0) is 0 Å². The van der Waals surface area contributed by atoms with Gasteiger partial charge in [-0.25, -0.2) is 0 Å². The molecule has 1 heteroatoms. The molecule has 0 spiro atoms. The van der Waals surface area contributed by atoms with E-state index in [0.29, 0.717) is 0 Å². The van der Waals surface area contributed by atoms with Crippen LogP contribution in [0.4, 0.5) is 0 Å². The van der Waals surface area contributed by atoms with Gasteiger partial charge in [0, 0.05) is 0 Å². The summed E-state index contributed by atoms with van der Waals surface area (Å²) in [4.78, 5) is 0. The van der Waals surface area contributed by atoms with Crippen LogP contribution < -0.4 is 0 Å². The van der Waals surface area contributed by atoms with Crippen molar-refractivity contribution in [1.82, 2.24) is 0 Å². The second kappa shape index (κ2) is 10.3. The van der Waals surface area contributed by atoms with Gasteiger partial charge in [-0.1, -0.05) is 36.5 Å². The molecule has 1 nitrogen and oxygen atoms in total. The summed E-state index contributed by atoms with van der Waals surface area (Å²) < 4.78 is 0. The summed E-state index contributed by atoms with van der Waals surface area (Å²) in [5.74, 6) is 0. The first kappa shape index (κ1) is 13.2. The van der Waals surface area contributed by atoms with Gasteiger partial charge in [-0.15, -0.1) is 0 Å². The summed E-state index contributed by atoms with van der Waals surface area (Å²) in [5, 5.41) is 8.94. The summed E-state index contributed by atoms with van der Waals surface area (Å²) >= 11 is 0. The molecule has 0 radical (unpaired) electrons. The van der Waals surface area contributed by atoms with Crippen molar-refractivity contribution in [1.29, 1.82) is 0 Å². The van der Waals surface area contributed by atoms with Gasteiger partial charge in [0.05, 0.1) is 6.10 Å². The highest BCUT2D eigenvalue weighted by Gasteiger charge is 1.83. The van der Waals surface area contributed by atoms with Crippen LogP contribution in [0.1, 0.15) is 39.5 Å². The first-order valence-electron chi connectivity index (χ1n) is 5.38. The first-order chi connectivity index (χ1) is 6.77. The number of aliphatic hydroxyl groups excluding tert-OH is 1. The molecule has 14 heavy (non-hydrogen) atoms.